The summed E-state index contributed by atoms with van der Waals surface area (Å²) >= 11 is 0. The van der Waals surface area contributed by atoms with Crippen LogP contribution in [0.15, 0.2) is 0 Å². The summed E-state index contributed by atoms with van der Waals surface area (Å²) in [7, 11) is 0. The molecule has 1 unspecified atom stereocenters. The van der Waals surface area contributed by atoms with Gasteiger partial charge in [-0.1, -0.05) is 59.8 Å². The fourth-order valence-corrected chi connectivity index (χ4v) is 3.27. The number of hydrogen-bond donors (Lipinski definition) is 1. The maximum Gasteiger partial charge on any atom is -0.00205 e. The maximum absolute atomic E-state index is 3.72. The van der Waals surface area contributed by atoms with Gasteiger partial charge in [-0.3, -0.25) is 0 Å². The van der Waals surface area contributed by atoms with Gasteiger partial charge in [0, 0.05) is 0 Å². The second-order valence-corrected chi connectivity index (χ2v) is 7.36. The fourth-order valence-electron chi connectivity index (χ4n) is 3.27. The highest BCUT2D eigenvalue weighted by Gasteiger charge is 2.17. The lowest BCUT2D eigenvalue weighted by atomic mass is 9.83. The van der Waals surface area contributed by atoms with Crippen molar-refractivity contribution in [1.82, 2.24) is 5.32 Å². The van der Waals surface area contributed by atoms with Crippen LogP contribution in [-0.2, 0) is 0 Å². The van der Waals surface area contributed by atoms with Crippen molar-refractivity contribution < 1.29 is 0 Å². The third-order valence-corrected chi connectivity index (χ3v) is 5.03. The van der Waals surface area contributed by atoms with Gasteiger partial charge in [0.2, 0.25) is 0 Å². The third kappa shape index (κ3) is 7.97. The maximum atomic E-state index is 3.72. The van der Waals surface area contributed by atoms with Crippen LogP contribution in [0.4, 0.5) is 0 Å². The van der Waals surface area contributed by atoms with Gasteiger partial charge in [0.05, 0.1) is 0 Å². The summed E-state index contributed by atoms with van der Waals surface area (Å²) in [6.07, 6.45) is 11.4. The van der Waals surface area contributed by atoms with Gasteiger partial charge in [-0.2, -0.15) is 0 Å². The topological polar surface area (TPSA) is 12.0 Å². The molecule has 0 amide bonds. The first-order valence-electron chi connectivity index (χ1n) is 8.82. The molecule has 114 valence electrons. The first kappa shape index (κ1) is 17.0. The molecule has 1 N–H and O–H groups in total. The van der Waals surface area contributed by atoms with E-state index >= 15 is 0 Å². The molecule has 1 fully saturated rings. The minimum atomic E-state index is 0.867. The SMILES string of the molecule is CCC(CCNCC1CCC(C)CC1)CCC(C)C. The summed E-state index contributed by atoms with van der Waals surface area (Å²) in [6, 6.07) is 0. The Hall–Kier alpha value is -0.0400. The predicted molar refractivity (Wildman–Crippen MR) is 86.5 cm³/mol. The molecular formula is C18H37N. The van der Waals surface area contributed by atoms with Crippen molar-refractivity contribution in [3.8, 4) is 0 Å². The van der Waals surface area contributed by atoms with Gasteiger partial charge >= 0.3 is 0 Å². The monoisotopic (exact) mass is 267 g/mol. The fraction of sp³-hybridized carbons (Fsp3) is 1.00. The van der Waals surface area contributed by atoms with E-state index in [1.807, 2.05) is 0 Å². The van der Waals surface area contributed by atoms with Gasteiger partial charge in [-0.25, -0.2) is 0 Å². The summed E-state index contributed by atoms with van der Waals surface area (Å²) in [5, 5.41) is 3.72. The van der Waals surface area contributed by atoms with Gasteiger partial charge in [-0.15, -0.1) is 0 Å². The molecule has 1 aliphatic carbocycles. The Balaban J connectivity index is 2.02. The van der Waals surface area contributed by atoms with Crippen LogP contribution in [-0.4, -0.2) is 13.1 Å². The van der Waals surface area contributed by atoms with E-state index in [2.05, 4.69) is 33.0 Å². The molecule has 0 aromatic carbocycles. The van der Waals surface area contributed by atoms with Crippen LogP contribution in [0.1, 0.15) is 79.1 Å². The molecule has 0 bridgehead atoms. The third-order valence-electron chi connectivity index (χ3n) is 5.03. The molecule has 0 saturated heterocycles. The zero-order chi connectivity index (χ0) is 14.1. The molecular weight excluding hydrogens is 230 g/mol. The summed E-state index contributed by atoms with van der Waals surface area (Å²) < 4.78 is 0. The molecule has 1 saturated carbocycles. The first-order valence-corrected chi connectivity index (χ1v) is 8.82. The van der Waals surface area contributed by atoms with E-state index in [-0.39, 0.29) is 0 Å². The lowest BCUT2D eigenvalue weighted by molar-refractivity contribution is 0.278. The van der Waals surface area contributed by atoms with Crippen LogP contribution in [0.2, 0.25) is 0 Å². The number of hydrogen-bond acceptors (Lipinski definition) is 1. The smallest absolute Gasteiger partial charge is 0.00205 e. The van der Waals surface area contributed by atoms with Gasteiger partial charge < -0.3 is 5.32 Å². The largest absolute Gasteiger partial charge is 0.316 e. The highest BCUT2D eigenvalue weighted by molar-refractivity contribution is 4.72. The molecule has 1 atom stereocenters. The Morgan fingerprint density at radius 2 is 1.68 bits per heavy atom. The van der Waals surface area contributed by atoms with E-state index in [0.29, 0.717) is 0 Å². The molecule has 0 radical (unpaired) electrons. The van der Waals surface area contributed by atoms with E-state index in [9.17, 15) is 0 Å². The summed E-state index contributed by atoms with van der Waals surface area (Å²) in [5.74, 6) is 3.76. The van der Waals surface area contributed by atoms with Crippen LogP contribution >= 0.6 is 0 Å². The molecule has 1 nitrogen and oxygen atoms in total. The molecule has 0 aromatic rings. The summed E-state index contributed by atoms with van der Waals surface area (Å²) in [6.45, 7) is 12.0. The summed E-state index contributed by atoms with van der Waals surface area (Å²) in [5.41, 5.74) is 0. The average Bonchev–Trinajstić information content (AvgIpc) is 2.40. The van der Waals surface area contributed by atoms with Crippen LogP contribution in [0.3, 0.4) is 0 Å². The Kier molecular flexibility index (Phi) is 8.77. The Labute approximate surface area is 121 Å². The zero-order valence-electron chi connectivity index (χ0n) is 13.9. The standard InChI is InChI=1S/C18H37N/c1-5-17(9-6-15(2)3)12-13-19-14-18-10-7-16(4)8-11-18/h15-19H,5-14H2,1-4H3. The van der Waals surface area contributed by atoms with Crippen molar-refractivity contribution in [2.45, 2.75) is 79.1 Å². The van der Waals surface area contributed by atoms with Crippen LogP contribution in [0, 0.1) is 23.7 Å². The predicted octanol–water partition coefficient (Wildman–Crippen LogP) is 5.25. The van der Waals surface area contributed by atoms with Gasteiger partial charge in [0.25, 0.3) is 0 Å². The van der Waals surface area contributed by atoms with Crippen molar-refractivity contribution in [1.29, 1.82) is 0 Å². The normalized spacial score (nSPS) is 25.7. The molecule has 0 aliphatic heterocycles. The molecule has 0 heterocycles. The first-order chi connectivity index (χ1) is 9.11. The van der Waals surface area contributed by atoms with Crippen LogP contribution in [0.5, 0.6) is 0 Å². The van der Waals surface area contributed by atoms with Crippen molar-refractivity contribution in [3.05, 3.63) is 0 Å². The lowest BCUT2D eigenvalue weighted by Crippen LogP contribution is -2.27. The van der Waals surface area contributed by atoms with Crippen LogP contribution < -0.4 is 5.32 Å². The molecule has 19 heavy (non-hydrogen) atoms. The van der Waals surface area contributed by atoms with E-state index < -0.39 is 0 Å². The zero-order valence-corrected chi connectivity index (χ0v) is 13.9. The van der Waals surface area contributed by atoms with Crippen molar-refractivity contribution >= 4 is 0 Å². The molecule has 0 spiro atoms. The average molecular weight is 268 g/mol. The van der Waals surface area contributed by atoms with Crippen molar-refractivity contribution in [3.63, 3.8) is 0 Å². The second kappa shape index (κ2) is 9.80. The van der Waals surface area contributed by atoms with E-state index in [1.165, 1.54) is 64.5 Å². The summed E-state index contributed by atoms with van der Waals surface area (Å²) in [4.78, 5) is 0. The van der Waals surface area contributed by atoms with Crippen molar-refractivity contribution in [2.75, 3.05) is 13.1 Å². The highest BCUT2D eigenvalue weighted by atomic mass is 14.9. The Morgan fingerprint density at radius 1 is 1.00 bits per heavy atom. The molecule has 1 aliphatic rings. The minimum absolute atomic E-state index is 0.867. The van der Waals surface area contributed by atoms with Gasteiger partial charge in [0.15, 0.2) is 0 Å². The van der Waals surface area contributed by atoms with E-state index in [4.69, 9.17) is 0 Å². The lowest BCUT2D eigenvalue weighted by Gasteiger charge is -2.26. The Morgan fingerprint density at radius 3 is 2.26 bits per heavy atom. The van der Waals surface area contributed by atoms with Crippen LogP contribution in [0.25, 0.3) is 0 Å². The van der Waals surface area contributed by atoms with E-state index in [1.54, 1.807) is 0 Å². The molecule has 0 aromatic heterocycles. The second-order valence-electron chi connectivity index (χ2n) is 7.36. The number of nitrogens with one attached hydrogen (secondary N) is 1. The highest BCUT2D eigenvalue weighted by Crippen LogP contribution is 2.27. The van der Waals surface area contributed by atoms with E-state index in [0.717, 1.165) is 23.7 Å². The van der Waals surface area contributed by atoms with Gasteiger partial charge in [-0.05, 0) is 56.0 Å². The van der Waals surface area contributed by atoms with Gasteiger partial charge in [0.1, 0.15) is 0 Å². The quantitative estimate of drug-likeness (QED) is 0.562. The van der Waals surface area contributed by atoms with Crippen molar-refractivity contribution in [2.24, 2.45) is 23.7 Å². The number of rotatable bonds is 9. The molecule has 1 rings (SSSR count). The molecule has 1 heteroatoms. The minimum Gasteiger partial charge on any atom is -0.316 e. The Bertz CT molecular complexity index is 204.